The Bertz CT molecular complexity index is 238. The molecule has 0 saturated carbocycles. The summed E-state index contributed by atoms with van der Waals surface area (Å²) in [7, 11) is 0. The van der Waals surface area contributed by atoms with Crippen LogP contribution in [0.15, 0.2) is 24.3 Å². The highest BCUT2D eigenvalue weighted by molar-refractivity contribution is 5.55. The van der Waals surface area contributed by atoms with Crippen molar-refractivity contribution in [2.75, 3.05) is 0 Å². The molecule has 0 unspecified atom stereocenters. The molecule has 0 fully saturated rings. The van der Waals surface area contributed by atoms with Gasteiger partial charge in [0.2, 0.25) is 0 Å². The van der Waals surface area contributed by atoms with Gasteiger partial charge >= 0.3 is 0 Å². The van der Waals surface area contributed by atoms with Gasteiger partial charge in [0.15, 0.2) is 0 Å². The maximum atomic E-state index is 9.17. The molecule has 0 aromatic heterocycles. The lowest BCUT2D eigenvalue weighted by molar-refractivity contribution is 0.474. The van der Waals surface area contributed by atoms with E-state index in [0.29, 0.717) is 5.75 Å². The minimum Gasteiger partial charge on any atom is -0.507 e. The fourth-order valence-corrected chi connectivity index (χ4v) is 0.748. The van der Waals surface area contributed by atoms with Crippen molar-refractivity contribution in [1.82, 2.24) is 0 Å². The molecule has 0 aliphatic heterocycles. The Balaban J connectivity index is 3.03. The Morgan fingerprint density at radius 2 is 2.40 bits per heavy atom. The zero-order valence-corrected chi connectivity index (χ0v) is 5.83. The predicted octanol–water partition coefficient (Wildman–Crippen LogP) is 2.23. The Morgan fingerprint density at radius 1 is 1.60 bits per heavy atom. The molecule has 1 aromatic rings. The van der Waals surface area contributed by atoms with Crippen LogP contribution in [-0.4, -0.2) is 5.11 Å². The van der Waals surface area contributed by atoms with Crippen molar-refractivity contribution in [2.24, 2.45) is 0 Å². The predicted molar refractivity (Wildman–Crippen MR) is 41.7 cm³/mol. The number of hydrogen-bond acceptors (Lipinski definition) is 1. The first kappa shape index (κ1) is 6.87. The molecule has 0 atom stereocenters. The normalized spacial score (nSPS) is 10.5. The monoisotopic (exact) mass is 133 g/mol. The van der Waals surface area contributed by atoms with E-state index >= 15 is 0 Å². The van der Waals surface area contributed by atoms with E-state index in [1.54, 1.807) is 18.2 Å². The van der Waals surface area contributed by atoms with Crippen LogP contribution in [0.2, 0.25) is 0 Å². The third kappa shape index (κ3) is 1.38. The van der Waals surface area contributed by atoms with Crippen molar-refractivity contribution in [3.8, 4) is 5.75 Å². The van der Waals surface area contributed by atoms with Gasteiger partial charge in [-0.1, -0.05) is 18.2 Å². The molecule has 0 amide bonds. The SMILES string of the molecule is C/C=C\c1c[c]ccc1O. The highest BCUT2D eigenvalue weighted by atomic mass is 16.3. The quantitative estimate of drug-likeness (QED) is 0.622. The van der Waals surface area contributed by atoms with Crippen molar-refractivity contribution in [2.45, 2.75) is 6.92 Å². The number of rotatable bonds is 1. The number of allylic oxidation sites excluding steroid dienone is 1. The molecule has 1 radical (unpaired) electrons. The number of phenolic OH excluding ortho intramolecular Hbond substituents is 1. The van der Waals surface area contributed by atoms with Gasteiger partial charge in [0.25, 0.3) is 0 Å². The summed E-state index contributed by atoms with van der Waals surface area (Å²) in [6.45, 7) is 1.91. The molecule has 51 valence electrons. The van der Waals surface area contributed by atoms with Gasteiger partial charge in [0.05, 0.1) is 0 Å². The number of hydrogen-bond donors (Lipinski definition) is 1. The van der Waals surface area contributed by atoms with Crippen molar-refractivity contribution in [3.05, 3.63) is 35.9 Å². The Kier molecular flexibility index (Phi) is 2.11. The molecule has 1 rings (SSSR count). The molecule has 0 spiro atoms. The van der Waals surface area contributed by atoms with Crippen LogP contribution in [0.5, 0.6) is 5.75 Å². The second kappa shape index (κ2) is 3.06. The number of aromatic hydroxyl groups is 1. The van der Waals surface area contributed by atoms with Gasteiger partial charge in [0, 0.05) is 5.56 Å². The molecule has 0 saturated heterocycles. The highest BCUT2D eigenvalue weighted by Crippen LogP contribution is 2.15. The fourth-order valence-electron chi connectivity index (χ4n) is 0.748. The van der Waals surface area contributed by atoms with Gasteiger partial charge in [-0.25, -0.2) is 0 Å². The zero-order valence-electron chi connectivity index (χ0n) is 5.83. The summed E-state index contributed by atoms with van der Waals surface area (Å²) in [5, 5.41) is 9.17. The van der Waals surface area contributed by atoms with E-state index in [-0.39, 0.29) is 0 Å². The van der Waals surface area contributed by atoms with Crippen LogP contribution in [0.25, 0.3) is 6.08 Å². The molecule has 1 N–H and O–H groups in total. The van der Waals surface area contributed by atoms with E-state index in [2.05, 4.69) is 6.07 Å². The molecule has 1 heteroatoms. The fraction of sp³-hybridized carbons (Fsp3) is 0.111. The molecule has 1 nitrogen and oxygen atoms in total. The Morgan fingerprint density at radius 3 is 3.00 bits per heavy atom. The van der Waals surface area contributed by atoms with E-state index in [9.17, 15) is 5.11 Å². The van der Waals surface area contributed by atoms with Crippen LogP contribution < -0.4 is 0 Å². The van der Waals surface area contributed by atoms with Crippen molar-refractivity contribution in [3.63, 3.8) is 0 Å². The summed E-state index contributed by atoms with van der Waals surface area (Å²) in [5.74, 6) is 0.303. The molecule has 0 heterocycles. The van der Waals surface area contributed by atoms with Crippen molar-refractivity contribution < 1.29 is 5.11 Å². The van der Waals surface area contributed by atoms with E-state index < -0.39 is 0 Å². The summed E-state index contributed by atoms with van der Waals surface area (Å²) in [6, 6.07) is 7.92. The molecular formula is C9H9O. The summed E-state index contributed by atoms with van der Waals surface area (Å²) in [4.78, 5) is 0. The standard InChI is InChI=1S/C9H9O/c1-2-5-8-6-3-4-7-9(8)10/h2,4-7,10H,1H3/b5-2-. The maximum Gasteiger partial charge on any atom is 0.122 e. The summed E-state index contributed by atoms with van der Waals surface area (Å²) in [5.41, 5.74) is 0.810. The van der Waals surface area contributed by atoms with Gasteiger partial charge in [-0.2, -0.15) is 0 Å². The highest BCUT2D eigenvalue weighted by Gasteiger charge is 1.91. The second-order valence-electron chi connectivity index (χ2n) is 1.98. The van der Waals surface area contributed by atoms with Crippen LogP contribution >= 0.6 is 0 Å². The van der Waals surface area contributed by atoms with Gasteiger partial charge in [-0.15, -0.1) is 0 Å². The van der Waals surface area contributed by atoms with Gasteiger partial charge in [-0.05, 0) is 25.1 Å². The Labute approximate surface area is 60.6 Å². The first-order valence-electron chi connectivity index (χ1n) is 3.16. The first-order valence-corrected chi connectivity index (χ1v) is 3.16. The minimum absolute atomic E-state index is 0.303. The van der Waals surface area contributed by atoms with Crippen LogP contribution in [0, 0.1) is 6.07 Å². The van der Waals surface area contributed by atoms with Crippen LogP contribution in [0.4, 0.5) is 0 Å². The number of phenols is 1. The second-order valence-corrected chi connectivity index (χ2v) is 1.98. The van der Waals surface area contributed by atoms with Gasteiger partial charge in [-0.3, -0.25) is 0 Å². The van der Waals surface area contributed by atoms with E-state index in [1.165, 1.54) is 0 Å². The lowest BCUT2D eigenvalue weighted by Gasteiger charge is -1.94. The molecule has 10 heavy (non-hydrogen) atoms. The molecule has 1 aromatic carbocycles. The van der Waals surface area contributed by atoms with E-state index in [4.69, 9.17) is 0 Å². The average molecular weight is 133 g/mol. The summed E-state index contributed by atoms with van der Waals surface area (Å²) < 4.78 is 0. The molecule has 0 aliphatic rings. The zero-order chi connectivity index (χ0) is 7.40. The lowest BCUT2D eigenvalue weighted by Crippen LogP contribution is -1.71. The average Bonchev–Trinajstić information content (AvgIpc) is 1.94. The van der Waals surface area contributed by atoms with Crippen molar-refractivity contribution >= 4 is 6.08 Å². The van der Waals surface area contributed by atoms with E-state index in [1.807, 2.05) is 19.1 Å². The minimum atomic E-state index is 0.303. The maximum absolute atomic E-state index is 9.17. The van der Waals surface area contributed by atoms with Gasteiger partial charge in [0.1, 0.15) is 5.75 Å². The van der Waals surface area contributed by atoms with Crippen molar-refractivity contribution in [1.29, 1.82) is 0 Å². The van der Waals surface area contributed by atoms with E-state index in [0.717, 1.165) is 5.56 Å². The van der Waals surface area contributed by atoms with Crippen LogP contribution in [0.3, 0.4) is 0 Å². The molecule has 0 bridgehead atoms. The smallest absolute Gasteiger partial charge is 0.122 e. The van der Waals surface area contributed by atoms with Gasteiger partial charge < -0.3 is 5.11 Å². The van der Waals surface area contributed by atoms with Crippen LogP contribution in [-0.2, 0) is 0 Å². The molecule has 0 aliphatic carbocycles. The first-order chi connectivity index (χ1) is 4.84. The number of benzene rings is 1. The Hall–Kier alpha value is -1.24. The summed E-state index contributed by atoms with van der Waals surface area (Å²) >= 11 is 0. The third-order valence-electron chi connectivity index (χ3n) is 1.22. The topological polar surface area (TPSA) is 20.2 Å². The summed E-state index contributed by atoms with van der Waals surface area (Å²) in [6.07, 6.45) is 3.72. The molecular weight excluding hydrogens is 124 g/mol. The lowest BCUT2D eigenvalue weighted by atomic mass is 10.2. The largest absolute Gasteiger partial charge is 0.507 e. The van der Waals surface area contributed by atoms with Crippen LogP contribution in [0.1, 0.15) is 12.5 Å². The third-order valence-corrected chi connectivity index (χ3v) is 1.22.